The van der Waals surface area contributed by atoms with Crippen LogP contribution in [0.5, 0.6) is 11.5 Å². The molecule has 15 nitrogen and oxygen atoms in total. The summed E-state index contributed by atoms with van der Waals surface area (Å²) in [5, 5.41) is 9.46. The number of rotatable bonds is 16. The fraction of sp³-hybridized carbons (Fsp3) is 0.400. The van der Waals surface area contributed by atoms with Crippen LogP contribution < -0.4 is 27.2 Å². The molecule has 61 heavy (non-hydrogen) atoms. The van der Waals surface area contributed by atoms with Crippen LogP contribution in [-0.4, -0.2) is 60.8 Å². The Kier molecular flexibility index (Phi) is 13.3. The largest absolute Gasteiger partial charge is 0.457 e. The van der Waals surface area contributed by atoms with Gasteiger partial charge in [0, 0.05) is 59.7 Å². The van der Waals surface area contributed by atoms with Gasteiger partial charge in [-0.15, -0.1) is 0 Å². The molecule has 4 heterocycles. The Labute approximate surface area is 354 Å². The van der Waals surface area contributed by atoms with Crippen molar-refractivity contribution in [3.05, 3.63) is 161 Å². The van der Waals surface area contributed by atoms with Gasteiger partial charge in [-0.2, -0.15) is 5.26 Å². The van der Waals surface area contributed by atoms with Crippen molar-refractivity contribution >= 4 is 8.53 Å². The second-order valence-electron chi connectivity index (χ2n) is 15.8. The second kappa shape index (κ2) is 18.7. The molecule has 320 valence electrons. The first-order chi connectivity index (χ1) is 29.3. The molecule has 16 heteroatoms. The van der Waals surface area contributed by atoms with Crippen molar-refractivity contribution in [2.24, 2.45) is 0 Å². The molecule has 5 aromatic rings. The topological polar surface area (TPSA) is 183 Å². The standard InChI is InChI=1S/C45H51N6O9P/c1-28(2)51(29(3)4)61(56-24-14-22-46)60-38-25-39(50-27-31(6)42(53)48-44(50)55)58-40(38)37(21-23-49-26-30(5)41(52)47-43(49)54)59-45(32-15-8-7-9-16-32)33-17-10-12-19-35(33)57-36-20-13-11-18-34(36)45/h7-13,15-20,26-29,37-40H,14,21,23-25H2,1-6H3,(H,47,52,54)(H,48,53,55)/t37-,38-,39+,40+,61?/m0/s1. The van der Waals surface area contributed by atoms with Crippen LogP contribution in [0.2, 0.25) is 0 Å². The smallest absolute Gasteiger partial charge is 0.330 e. The summed E-state index contributed by atoms with van der Waals surface area (Å²) < 4.78 is 39.6. The Hall–Kier alpha value is -5.46. The van der Waals surface area contributed by atoms with Gasteiger partial charge < -0.3 is 27.8 Å². The van der Waals surface area contributed by atoms with E-state index < -0.39 is 61.2 Å². The van der Waals surface area contributed by atoms with Crippen molar-refractivity contribution in [1.82, 2.24) is 23.8 Å². The summed E-state index contributed by atoms with van der Waals surface area (Å²) in [4.78, 5) is 56.6. The Morgan fingerprint density at radius 3 is 2.07 bits per heavy atom. The van der Waals surface area contributed by atoms with Crippen molar-refractivity contribution in [2.45, 2.75) is 110 Å². The third-order valence-electron chi connectivity index (χ3n) is 10.9. The average molecular weight is 851 g/mol. The van der Waals surface area contributed by atoms with E-state index in [1.54, 1.807) is 13.8 Å². The maximum Gasteiger partial charge on any atom is 0.330 e. The van der Waals surface area contributed by atoms with E-state index in [2.05, 4.69) is 20.7 Å². The first kappa shape index (κ1) is 43.6. The van der Waals surface area contributed by atoms with Gasteiger partial charge in [-0.1, -0.05) is 66.7 Å². The van der Waals surface area contributed by atoms with Gasteiger partial charge in [0.1, 0.15) is 23.8 Å². The number of H-pyrrole nitrogens is 2. The van der Waals surface area contributed by atoms with Crippen LogP contribution in [0.25, 0.3) is 0 Å². The van der Waals surface area contributed by atoms with Gasteiger partial charge in [0.15, 0.2) is 5.60 Å². The third kappa shape index (κ3) is 8.97. The van der Waals surface area contributed by atoms with Crippen LogP contribution >= 0.6 is 8.53 Å². The van der Waals surface area contributed by atoms with E-state index in [1.165, 1.54) is 21.5 Å². The molecule has 0 bridgehead atoms. The molecule has 1 unspecified atom stereocenters. The molecule has 2 aromatic heterocycles. The summed E-state index contributed by atoms with van der Waals surface area (Å²) in [5.74, 6) is 1.17. The molecule has 0 saturated carbocycles. The molecule has 0 radical (unpaired) electrons. The van der Waals surface area contributed by atoms with E-state index in [4.69, 9.17) is 23.3 Å². The number of ether oxygens (including phenoxy) is 3. The summed E-state index contributed by atoms with van der Waals surface area (Å²) in [6, 6.07) is 27.3. The van der Waals surface area contributed by atoms with Gasteiger partial charge >= 0.3 is 11.4 Å². The van der Waals surface area contributed by atoms with Crippen LogP contribution in [0.15, 0.2) is 110 Å². The van der Waals surface area contributed by atoms with Crippen LogP contribution in [-0.2, 0) is 30.7 Å². The minimum Gasteiger partial charge on any atom is -0.457 e. The lowest BCUT2D eigenvalue weighted by Crippen LogP contribution is -2.47. The molecule has 2 aliphatic rings. The fourth-order valence-corrected chi connectivity index (χ4v) is 9.92. The lowest BCUT2D eigenvalue weighted by atomic mass is 9.77. The molecular formula is C45H51N6O9P. The van der Waals surface area contributed by atoms with E-state index in [9.17, 15) is 24.4 Å². The van der Waals surface area contributed by atoms with E-state index >= 15 is 0 Å². The minimum absolute atomic E-state index is 0.0202. The van der Waals surface area contributed by atoms with E-state index in [0.717, 1.165) is 16.7 Å². The highest BCUT2D eigenvalue weighted by molar-refractivity contribution is 7.44. The number of aromatic nitrogens is 4. The van der Waals surface area contributed by atoms with Gasteiger partial charge in [-0.3, -0.25) is 24.1 Å². The molecule has 2 N–H and O–H groups in total. The van der Waals surface area contributed by atoms with Crippen molar-refractivity contribution in [3.8, 4) is 17.6 Å². The summed E-state index contributed by atoms with van der Waals surface area (Å²) in [5.41, 5.74) is -0.593. The highest BCUT2D eigenvalue weighted by atomic mass is 31.2. The second-order valence-corrected chi connectivity index (χ2v) is 17.2. The van der Waals surface area contributed by atoms with Crippen molar-refractivity contribution in [3.63, 3.8) is 0 Å². The summed E-state index contributed by atoms with van der Waals surface area (Å²) in [6.07, 6.45) is -0.120. The molecule has 1 saturated heterocycles. The lowest BCUT2D eigenvalue weighted by Gasteiger charge is -2.44. The van der Waals surface area contributed by atoms with Gasteiger partial charge in [0.2, 0.25) is 0 Å². The molecule has 0 spiro atoms. The number of hydrogen-bond acceptors (Lipinski definition) is 11. The number of para-hydroxylation sites is 2. The number of aromatic amines is 2. The molecule has 2 aliphatic heterocycles. The molecule has 0 amide bonds. The molecular weight excluding hydrogens is 800 g/mol. The van der Waals surface area contributed by atoms with E-state index in [0.29, 0.717) is 22.6 Å². The lowest BCUT2D eigenvalue weighted by molar-refractivity contribution is -0.147. The molecule has 3 aromatic carbocycles. The first-order valence-electron chi connectivity index (χ1n) is 20.5. The Morgan fingerprint density at radius 2 is 1.44 bits per heavy atom. The van der Waals surface area contributed by atoms with Crippen LogP contribution in [0, 0.1) is 25.2 Å². The summed E-state index contributed by atoms with van der Waals surface area (Å²) in [6.45, 7) is 11.6. The molecule has 5 atom stereocenters. The third-order valence-corrected chi connectivity index (χ3v) is 13.1. The maximum atomic E-state index is 13.5. The number of nitrogens with one attached hydrogen (secondary N) is 2. The minimum atomic E-state index is -1.82. The number of hydrogen-bond donors (Lipinski definition) is 2. The highest BCUT2D eigenvalue weighted by Gasteiger charge is 2.52. The van der Waals surface area contributed by atoms with E-state index in [-0.39, 0.29) is 44.5 Å². The Morgan fingerprint density at radius 1 is 0.852 bits per heavy atom. The molecule has 1 fully saturated rings. The SMILES string of the molecule is Cc1cn(CC[C@H](OC2(c3ccccc3)c3ccccc3Oc3ccccc32)[C@H]2O[C@@H](n3cc(C)c(=O)[nH]c3=O)C[C@@H]2OP(OCCC#N)N(C(C)C)C(C)C)c(=O)[nH]c1=O. The van der Waals surface area contributed by atoms with Gasteiger partial charge in [-0.25, -0.2) is 14.3 Å². The number of fused-ring (bicyclic) bond motifs is 2. The van der Waals surface area contributed by atoms with Gasteiger partial charge in [0.25, 0.3) is 19.6 Å². The van der Waals surface area contributed by atoms with Crippen LogP contribution in [0.4, 0.5) is 0 Å². The number of benzene rings is 3. The maximum absolute atomic E-state index is 13.5. The van der Waals surface area contributed by atoms with Crippen molar-refractivity contribution in [1.29, 1.82) is 5.26 Å². The van der Waals surface area contributed by atoms with E-state index in [1.807, 2.05) is 107 Å². The quantitative estimate of drug-likeness (QED) is 0.0814. The zero-order valence-corrected chi connectivity index (χ0v) is 36.0. The van der Waals surface area contributed by atoms with Crippen molar-refractivity contribution in [2.75, 3.05) is 6.61 Å². The van der Waals surface area contributed by atoms with Crippen LogP contribution in [0.3, 0.4) is 0 Å². The number of nitriles is 1. The summed E-state index contributed by atoms with van der Waals surface area (Å²) in [7, 11) is -1.82. The number of aryl methyl sites for hydroxylation is 3. The molecule has 7 rings (SSSR count). The normalized spacial score (nSPS) is 19.0. The zero-order chi connectivity index (χ0) is 43.4. The van der Waals surface area contributed by atoms with Gasteiger partial charge in [-0.05, 0) is 65.7 Å². The van der Waals surface area contributed by atoms with Crippen LogP contribution in [0.1, 0.15) is 81.0 Å². The zero-order valence-electron chi connectivity index (χ0n) is 35.1. The Bertz CT molecular complexity index is 2560. The first-order valence-corrected chi connectivity index (χ1v) is 21.6. The average Bonchev–Trinajstić information content (AvgIpc) is 3.65. The predicted octanol–water partition coefficient (Wildman–Crippen LogP) is 6.53. The predicted molar refractivity (Wildman–Crippen MR) is 230 cm³/mol. The monoisotopic (exact) mass is 850 g/mol. The Balaban J connectivity index is 1.43. The van der Waals surface area contributed by atoms with Crippen molar-refractivity contribution < 1.29 is 23.3 Å². The highest BCUT2D eigenvalue weighted by Crippen LogP contribution is 2.55. The fourth-order valence-electron chi connectivity index (χ4n) is 8.18. The summed E-state index contributed by atoms with van der Waals surface area (Å²) >= 11 is 0. The molecule has 0 aliphatic carbocycles. The number of nitrogens with zero attached hydrogens (tertiary/aromatic N) is 4. The van der Waals surface area contributed by atoms with Gasteiger partial charge in [0.05, 0.1) is 31.3 Å².